The van der Waals surface area contributed by atoms with E-state index in [1.807, 2.05) is 41.8 Å². The predicted octanol–water partition coefficient (Wildman–Crippen LogP) is 4.39. The summed E-state index contributed by atoms with van der Waals surface area (Å²) in [4.78, 5) is 4.58. The molecule has 108 valence electrons. The average Bonchev–Trinajstić information content (AvgIpc) is 3.16. The molecule has 1 N–H and O–H groups in total. The first-order valence-electron chi connectivity index (χ1n) is 6.75. The van der Waals surface area contributed by atoms with Gasteiger partial charge in [0.2, 0.25) is 0 Å². The van der Waals surface area contributed by atoms with Crippen molar-refractivity contribution in [2.45, 2.75) is 13.0 Å². The van der Waals surface area contributed by atoms with Crippen LogP contribution in [0.3, 0.4) is 0 Å². The van der Waals surface area contributed by atoms with E-state index in [0.717, 1.165) is 41.0 Å². The third kappa shape index (κ3) is 3.94. The Bertz CT molecular complexity index is 677. The van der Waals surface area contributed by atoms with E-state index in [9.17, 15) is 0 Å². The third-order valence-corrected chi connectivity index (χ3v) is 4.24. The molecule has 0 aliphatic carbocycles. The SMILES string of the molecule is Clc1ccc(CNCCc2nc(-c3ccco3)cs2)cc1. The molecule has 21 heavy (non-hydrogen) atoms. The van der Waals surface area contributed by atoms with E-state index in [-0.39, 0.29) is 0 Å². The number of nitrogens with zero attached hydrogens (tertiary/aromatic N) is 1. The van der Waals surface area contributed by atoms with Crippen molar-refractivity contribution in [2.75, 3.05) is 6.54 Å². The summed E-state index contributed by atoms with van der Waals surface area (Å²) in [7, 11) is 0. The van der Waals surface area contributed by atoms with Gasteiger partial charge in [0, 0.05) is 29.9 Å². The number of halogens is 1. The van der Waals surface area contributed by atoms with Gasteiger partial charge in [-0.3, -0.25) is 0 Å². The number of hydrogen-bond donors (Lipinski definition) is 1. The Morgan fingerprint density at radius 1 is 1.19 bits per heavy atom. The molecule has 1 aromatic carbocycles. The van der Waals surface area contributed by atoms with Crippen LogP contribution in [-0.2, 0) is 13.0 Å². The molecule has 2 heterocycles. The minimum Gasteiger partial charge on any atom is -0.463 e. The molecule has 0 radical (unpaired) electrons. The normalized spacial score (nSPS) is 10.9. The van der Waals surface area contributed by atoms with Gasteiger partial charge in [-0.05, 0) is 29.8 Å². The fourth-order valence-electron chi connectivity index (χ4n) is 1.99. The number of nitrogens with one attached hydrogen (secondary N) is 1. The van der Waals surface area contributed by atoms with Crippen molar-refractivity contribution >= 4 is 22.9 Å². The summed E-state index contributed by atoms with van der Waals surface area (Å²) in [6.07, 6.45) is 2.58. The second-order valence-corrected chi connectivity index (χ2v) is 6.04. The molecule has 0 unspecified atom stereocenters. The Kier molecular flexibility index (Phi) is 4.70. The largest absolute Gasteiger partial charge is 0.463 e. The van der Waals surface area contributed by atoms with E-state index < -0.39 is 0 Å². The van der Waals surface area contributed by atoms with Gasteiger partial charge in [-0.15, -0.1) is 11.3 Å². The smallest absolute Gasteiger partial charge is 0.153 e. The van der Waals surface area contributed by atoms with Crippen molar-refractivity contribution in [3.8, 4) is 11.5 Å². The Morgan fingerprint density at radius 3 is 2.81 bits per heavy atom. The minimum absolute atomic E-state index is 0.770. The number of hydrogen-bond acceptors (Lipinski definition) is 4. The molecule has 3 aromatic rings. The quantitative estimate of drug-likeness (QED) is 0.685. The maximum Gasteiger partial charge on any atom is 0.153 e. The van der Waals surface area contributed by atoms with Crippen LogP contribution in [0.2, 0.25) is 5.02 Å². The number of aromatic nitrogens is 1. The third-order valence-electron chi connectivity index (χ3n) is 3.08. The van der Waals surface area contributed by atoms with Gasteiger partial charge in [-0.1, -0.05) is 23.7 Å². The number of benzene rings is 1. The van der Waals surface area contributed by atoms with Gasteiger partial charge in [-0.25, -0.2) is 4.98 Å². The van der Waals surface area contributed by atoms with E-state index in [0.29, 0.717) is 0 Å². The van der Waals surface area contributed by atoms with Crippen LogP contribution in [0.15, 0.2) is 52.5 Å². The van der Waals surface area contributed by atoms with E-state index in [4.69, 9.17) is 16.0 Å². The number of furan rings is 1. The van der Waals surface area contributed by atoms with E-state index in [1.54, 1.807) is 17.6 Å². The van der Waals surface area contributed by atoms with Gasteiger partial charge in [0.05, 0.1) is 11.3 Å². The van der Waals surface area contributed by atoms with Crippen LogP contribution in [0, 0.1) is 0 Å². The van der Waals surface area contributed by atoms with Crippen LogP contribution in [0.25, 0.3) is 11.5 Å². The van der Waals surface area contributed by atoms with Gasteiger partial charge in [-0.2, -0.15) is 0 Å². The number of rotatable bonds is 6. The lowest BCUT2D eigenvalue weighted by molar-refractivity contribution is 0.580. The molecule has 0 aliphatic rings. The second kappa shape index (κ2) is 6.89. The maximum absolute atomic E-state index is 5.86. The highest BCUT2D eigenvalue weighted by atomic mass is 35.5. The topological polar surface area (TPSA) is 38.1 Å². The van der Waals surface area contributed by atoms with Crippen LogP contribution < -0.4 is 5.32 Å². The molecule has 3 rings (SSSR count). The van der Waals surface area contributed by atoms with Crippen molar-refractivity contribution in [3.05, 3.63) is 63.6 Å². The molecular weight excluding hydrogens is 304 g/mol. The molecular formula is C16H15ClN2OS. The second-order valence-electron chi connectivity index (χ2n) is 4.66. The van der Waals surface area contributed by atoms with Crippen molar-refractivity contribution in [1.82, 2.24) is 10.3 Å². The zero-order valence-corrected chi connectivity index (χ0v) is 13.0. The lowest BCUT2D eigenvalue weighted by Gasteiger charge is -2.03. The molecule has 0 saturated carbocycles. The summed E-state index contributed by atoms with van der Waals surface area (Å²) in [6.45, 7) is 1.74. The molecule has 5 heteroatoms. The standard InChI is InChI=1S/C16H15ClN2OS/c17-13-5-3-12(4-6-13)10-18-8-7-16-19-14(11-21-16)15-2-1-9-20-15/h1-6,9,11,18H,7-8,10H2. The highest BCUT2D eigenvalue weighted by Crippen LogP contribution is 2.22. The Morgan fingerprint density at radius 2 is 2.05 bits per heavy atom. The van der Waals surface area contributed by atoms with Gasteiger partial charge in [0.25, 0.3) is 0 Å². The molecule has 3 nitrogen and oxygen atoms in total. The van der Waals surface area contributed by atoms with Gasteiger partial charge >= 0.3 is 0 Å². The lowest BCUT2D eigenvalue weighted by atomic mass is 10.2. The molecule has 0 bridgehead atoms. The van der Waals surface area contributed by atoms with Crippen LogP contribution in [0.5, 0.6) is 0 Å². The highest BCUT2D eigenvalue weighted by Gasteiger charge is 2.06. The molecule has 0 aliphatic heterocycles. The maximum atomic E-state index is 5.86. The Hall–Kier alpha value is -1.62. The Labute approximate surface area is 132 Å². The summed E-state index contributed by atoms with van der Waals surface area (Å²) in [5.74, 6) is 0.826. The van der Waals surface area contributed by atoms with Crippen molar-refractivity contribution < 1.29 is 4.42 Å². The summed E-state index contributed by atoms with van der Waals surface area (Å²) in [5.41, 5.74) is 2.15. The van der Waals surface area contributed by atoms with Gasteiger partial charge in [0.15, 0.2) is 5.76 Å². The first-order chi connectivity index (χ1) is 10.3. The summed E-state index contributed by atoms with van der Waals surface area (Å²) < 4.78 is 5.34. The van der Waals surface area contributed by atoms with E-state index in [1.165, 1.54) is 5.56 Å². The summed E-state index contributed by atoms with van der Waals surface area (Å²) in [5, 5.41) is 7.33. The zero-order chi connectivity index (χ0) is 14.5. The summed E-state index contributed by atoms with van der Waals surface area (Å²) >= 11 is 7.53. The van der Waals surface area contributed by atoms with E-state index in [2.05, 4.69) is 10.3 Å². The fourth-order valence-corrected chi connectivity index (χ4v) is 2.91. The molecule has 0 spiro atoms. The first kappa shape index (κ1) is 14.3. The molecule has 2 aromatic heterocycles. The monoisotopic (exact) mass is 318 g/mol. The van der Waals surface area contributed by atoms with Gasteiger partial charge < -0.3 is 9.73 Å². The van der Waals surface area contributed by atoms with E-state index >= 15 is 0 Å². The summed E-state index contributed by atoms with van der Waals surface area (Å²) in [6, 6.07) is 11.7. The van der Waals surface area contributed by atoms with Crippen LogP contribution in [0.4, 0.5) is 0 Å². The zero-order valence-electron chi connectivity index (χ0n) is 11.4. The molecule has 0 fully saturated rings. The number of thiazole rings is 1. The minimum atomic E-state index is 0.770. The van der Waals surface area contributed by atoms with Crippen molar-refractivity contribution in [2.24, 2.45) is 0 Å². The van der Waals surface area contributed by atoms with Crippen molar-refractivity contribution in [1.29, 1.82) is 0 Å². The first-order valence-corrected chi connectivity index (χ1v) is 8.00. The van der Waals surface area contributed by atoms with Crippen LogP contribution >= 0.6 is 22.9 Å². The van der Waals surface area contributed by atoms with Crippen molar-refractivity contribution in [3.63, 3.8) is 0 Å². The van der Waals surface area contributed by atoms with Gasteiger partial charge in [0.1, 0.15) is 5.69 Å². The highest BCUT2D eigenvalue weighted by molar-refractivity contribution is 7.09. The lowest BCUT2D eigenvalue weighted by Crippen LogP contribution is -2.16. The average molecular weight is 319 g/mol. The predicted molar refractivity (Wildman–Crippen MR) is 86.7 cm³/mol. The van der Waals surface area contributed by atoms with Crippen LogP contribution in [0.1, 0.15) is 10.6 Å². The molecule has 0 atom stereocenters. The van der Waals surface area contributed by atoms with Crippen LogP contribution in [-0.4, -0.2) is 11.5 Å². The molecule has 0 amide bonds. The fraction of sp³-hybridized carbons (Fsp3) is 0.188. The Balaban J connectivity index is 1.46. The molecule has 0 saturated heterocycles.